The quantitative estimate of drug-likeness (QED) is 0.516. The summed E-state index contributed by atoms with van der Waals surface area (Å²) in [5.41, 5.74) is 3.27. The first-order valence-corrected chi connectivity index (χ1v) is 13.9. The van der Waals surface area contributed by atoms with Crippen molar-refractivity contribution >= 4 is 33.2 Å². The third-order valence-corrected chi connectivity index (χ3v) is 9.69. The fourth-order valence-electron chi connectivity index (χ4n) is 5.95. The molecule has 0 saturated carbocycles. The minimum absolute atomic E-state index is 0.00342. The summed E-state index contributed by atoms with van der Waals surface area (Å²) in [6.45, 7) is 6.93. The number of hydrogen-bond acceptors (Lipinski definition) is 9. The van der Waals surface area contributed by atoms with Gasteiger partial charge in [-0.2, -0.15) is 0 Å². The van der Waals surface area contributed by atoms with Crippen LogP contribution in [0, 0.1) is 12.3 Å². The molecule has 7 rings (SSSR count). The van der Waals surface area contributed by atoms with Gasteiger partial charge in [0.2, 0.25) is 5.95 Å². The molecule has 35 heavy (non-hydrogen) atoms. The predicted molar refractivity (Wildman–Crippen MR) is 132 cm³/mol. The SMILES string of the molecule is Cc1nccnc1N1CC2(C1)CN(c1nnc3n1-c1ccc(Cl)cc1CN(C1CS(=O)(=O)C1)C3)C2. The number of rotatable bonds is 3. The van der Waals surface area contributed by atoms with Gasteiger partial charge in [0.1, 0.15) is 5.82 Å². The number of sulfone groups is 1. The Balaban J connectivity index is 1.15. The fraction of sp³-hybridized carbons (Fsp3) is 0.478. The molecule has 3 aromatic rings. The summed E-state index contributed by atoms with van der Waals surface area (Å²) in [4.78, 5) is 15.7. The Bertz CT molecular complexity index is 1430. The van der Waals surface area contributed by atoms with Crippen LogP contribution < -0.4 is 9.80 Å². The predicted octanol–water partition coefficient (Wildman–Crippen LogP) is 1.46. The van der Waals surface area contributed by atoms with Crippen LogP contribution in [-0.4, -0.2) is 81.8 Å². The molecule has 2 aromatic heterocycles. The molecular weight excluding hydrogens is 488 g/mol. The second kappa shape index (κ2) is 7.37. The van der Waals surface area contributed by atoms with Crippen LogP contribution in [0.2, 0.25) is 5.02 Å². The molecule has 1 spiro atoms. The van der Waals surface area contributed by atoms with Gasteiger partial charge in [0.15, 0.2) is 15.7 Å². The maximum Gasteiger partial charge on any atom is 0.231 e. The van der Waals surface area contributed by atoms with E-state index in [-0.39, 0.29) is 23.0 Å². The summed E-state index contributed by atoms with van der Waals surface area (Å²) < 4.78 is 25.8. The van der Waals surface area contributed by atoms with Crippen molar-refractivity contribution in [1.82, 2.24) is 29.6 Å². The average Bonchev–Trinajstić information content (AvgIpc) is 3.06. The van der Waals surface area contributed by atoms with Crippen molar-refractivity contribution in [1.29, 1.82) is 0 Å². The largest absolute Gasteiger partial charge is 0.354 e. The molecular formula is C23H25ClN8O2S. The van der Waals surface area contributed by atoms with Crippen LogP contribution in [0.5, 0.6) is 0 Å². The second-order valence-corrected chi connectivity index (χ2v) is 12.9. The van der Waals surface area contributed by atoms with E-state index >= 15 is 0 Å². The van der Waals surface area contributed by atoms with Crippen LogP contribution >= 0.6 is 11.6 Å². The van der Waals surface area contributed by atoms with Crippen molar-refractivity contribution in [3.05, 3.63) is 52.7 Å². The standard InChI is InChI=1S/C23H25ClN8O2S/c1-15-21(26-5-4-25-15)30-11-23(12-30)13-31(14-23)22-28-27-20-8-29(18-9-35(33,34)10-18)7-16-6-17(24)2-3-19(16)32(20)22/h2-6,18H,7-14H2,1H3. The molecule has 3 fully saturated rings. The van der Waals surface area contributed by atoms with E-state index in [0.717, 1.165) is 60.7 Å². The van der Waals surface area contributed by atoms with Gasteiger partial charge in [-0.05, 0) is 30.7 Å². The topological polar surface area (TPSA) is 100 Å². The lowest BCUT2D eigenvalue weighted by molar-refractivity contribution is 0.153. The summed E-state index contributed by atoms with van der Waals surface area (Å²) >= 11 is 6.35. The summed E-state index contributed by atoms with van der Waals surface area (Å²) in [5, 5.41) is 9.81. The van der Waals surface area contributed by atoms with Gasteiger partial charge in [0.05, 0.1) is 29.4 Å². The molecule has 3 saturated heterocycles. The third kappa shape index (κ3) is 3.43. The van der Waals surface area contributed by atoms with Gasteiger partial charge in [0, 0.05) is 61.6 Å². The van der Waals surface area contributed by atoms with Crippen molar-refractivity contribution in [2.24, 2.45) is 5.41 Å². The monoisotopic (exact) mass is 512 g/mol. The van der Waals surface area contributed by atoms with E-state index in [4.69, 9.17) is 11.6 Å². The number of aryl methyl sites for hydroxylation is 1. The maximum atomic E-state index is 11.8. The molecule has 0 atom stereocenters. The number of benzene rings is 1. The number of halogens is 1. The van der Waals surface area contributed by atoms with Gasteiger partial charge in [-0.25, -0.2) is 13.4 Å². The summed E-state index contributed by atoms with van der Waals surface area (Å²) in [7, 11) is -2.93. The molecule has 0 aliphatic carbocycles. The second-order valence-electron chi connectivity index (χ2n) is 10.3. The van der Waals surface area contributed by atoms with E-state index < -0.39 is 9.84 Å². The van der Waals surface area contributed by atoms with Gasteiger partial charge in [-0.1, -0.05) is 11.6 Å². The van der Waals surface area contributed by atoms with E-state index in [1.807, 2.05) is 25.1 Å². The van der Waals surface area contributed by atoms with E-state index in [0.29, 0.717) is 18.1 Å². The minimum atomic E-state index is -2.93. The summed E-state index contributed by atoms with van der Waals surface area (Å²) in [5.74, 6) is 3.03. The highest BCUT2D eigenvalue weighted by molar-refractivity contribution is 7.92. The molecule has 12 heteroatoms. The third-order valence-electron chi connectivity index (χ3n) is 7.67. The van der Waals surface area contributed by atoms with E-state index in [9.17, 15) is 8.42 Å². The van der Waals surface area contributed by atoms with Crippen molar-refractivity contribution in [3.8, 4) is 5.69 Å². The smallest absolute Gasteiger partial charge is 0.231 e. The van der Waals surface area contributed by atoms with Gasteiger partial charge >= 0.3 is 0 Å². The van der Waals surface area contributed by atoms with E-state index in [1.165, 1.54) is 0 Å². The molecule has 4 aliphatic rings. The average molecular weight is 513 g/mol. The zero-order valence-corrected chi connectivity index (χ0v) is 20.9. The van der Waals surface area contributed by atoms with Crippen LogP contribution in [0.15, 0.2) is 30.6 Å². The molecule has 0 N–H and O–H groups in total. The normalized spacial score (nSPS) is 22.6. The van der Waals surface area contributed by atoms with Crippen LogP contribution in [0.3, 0.4) is 0 Å². The van der Waals surface area contributed by atoms with Crippen LogP contribution in [-0.2, 0) is 22.9 Å². The number of nitrogens with zero attached hydrogens (tertiary/aromatic N) is 8. The molecule has 4 aliphatic heterocycles. The Morgan fingerprint density at radius 3 is 2.49 bits per heavy atom. The number of aromatic nitrogens is 5. The van der Waals surface area contributed by atoms with Crippen molar-refractivity contribution in [2.45, 2.75) is 26.1 Å². The Kier molecular flexibility index (Phi) is 4.53. The highest BCUT2D eigenvalue weighted by atomic mass is 35.5. The summed E-state index contributed by atoms with van der Waals surface area (Å²) in [6, 6.07) is 5.88. The van der Waals surface area contributed by atoms with Gasteiger partial charge in [0.25, 0.3) is 0 Å². The van der Waals surface area contributed by atoms with Crippen molar-refractivity contribution in [2.75, 3.05) is 47.5 Å². The van der Waals surface area contributed by atoms with Crippen LogP contribution in [0.25, 0.3) is 5.69 Å². The zero-order chi connectivity index (χ0) is 23.9. The molecule has 0 bridgehead atoms. The molecule has 182 valence electrons. The van der Waals surface area contributed by atoms with Crippen molar-refractivity contribution in [3.63, 3.8) is 0 Å². The Morgan fingerprint density at radius 1 is 1.00 bits per heavy atom. The summed E-state index contributed by atoms with van der Waals surface area (Å²) in [6.07, 6.45) is 3.48. The maximum absolute atomic E-state index is 11.8. The first kappa shape index (κ1) is 21.5. The Hall–Kier alpha value is -2.76. The van der Waals surface area contributed by atoms with Gasteiger partial charge in [-0.15, -0.1) is 10.2 Å². The molecule has 0 radical (unpaired) electrons. The van der Waals surface area contributed by atoms with E-state index in [1.54, 1.807) is 12.4 Å². The van der Waals surface area contributed by atoms with E-state index in [2.05, 4.69) is 39.4 Å². The lowest BCUT2D eigenvalue weighted by atomic mass is 9.73. The van der Waals surface area contributed by atoms with Crippen LogP contribution in [0.1, 0.15) is 17.1 Å². The lowest BCUT2D eigenvalue weighted by Crippen LogP contribution is -2.73. The fourth-order valence-corrected chi connectivity index (χ4v) is 7.64. The zero-order valence-electron chi connectivity index (χ0n) is 19.3. The van der Waals surface area contributed by atoms with Gasteiger partial charge in [-0.3, -0.25) is 14.5 Å². The Morgan fingerprint density at radius 2 is 1.74 bits per heavy atom. The molecule has 0 amide bonds. The molecule has 0 unspecified atom stereocenters. The number of anilines is 2. The molecule has 1 aromatic carbocycles. The molecule has 6 heterocycles. The van der Waals surface area contributed by atoms with Crippen molar-refractivity contribution < 1.29 is 8.42 Å². The Labute approximate surface area is 208 Å². The first-order valence-electron chi connectivity index (χ1n) is 11.7. The minimum Gasteiger partial charge on any atom is -0.354 e. The number of fused-ring (bicyclic) bond motifs is 3. The highest BCUT2D eigenvalue weighted by Crippen LogP contribution is 2.44. The highest BCUT2D eigenvalue weighted by Gasteiger charge is 2.54. The first-order chi connectivity index (χ1) is 16.8. The molecule has 10 nitrogen and oxygen atoms in total. The van der Waals surface area contributed by atoms with Gasteiger partial charge < -0.3 is 9.80 Å². The lowest BCUT2D eigenvalue weighted by Gasteiger charge is -2.60. The number of hydrogen-bond donors (Lipinski definition) is 0. The van der Waals surface area contributed by atoms with Crippen LogP contribution in [0.4, 0.5) is 11.8 Å².